The topological polar surface area (TPSA) is 58.2 Å². The van der Waals surface area contributed by atoms with Gasteiger partial charge in [-0.3, -0.25) is 9.59 Å². The molecule has 104 valence electrons. The summed E-state index contributed by atoms with van der Waals surface area (Å²) in [6.07, 6.45) is 0.531. The lowest BCUT2D eigenvalue weighted by atomic mass is 10.1. The van der Waals surface area contributed by atoms with E-state index in [1.807, 2.05) is 0 Å². The molecule has 4 nitrogen and oxygen atoms in total. The third-order valence-corrected chi connectivity index (χ3v) is 2.84. The number of rotatable bonds is 6. The number of benzene rings is 1. The zero-order chi connectivity index (χ0) is 14.3. The van der Waals surface area contributed by atoms with Crippen molar-refractivity contribution in [1.82, 2.24) is 10.6 Å². The highest BCUT2D eigenvalue weighted by atomic mass is 32.1. The van der Waals surface area contributed by atoms with Gasteiger partial charge < -0.3 is 10.6 Å². The highest BCUT2D eigenvalue weighted by molar-refractivity contribution is 7.80. The Morgan fingerprint density at radius 2 is 2.16 bits per heavy atom. The van der Waals surface area contributed by atoms with E-state index in [1.165, 1.54) is 19.1 Å². The van der Waals surface area contributed by atoms with E-state index in [2.05, 4.69) is 23.3 Å². The molecule has 0 aromatic heterocycles. The summed E-state index contributed by atoms with van der Waals surface area (Å²) in [6.45, 7) is 1.72. The molecular formula is C13H17FN2O2S. The average Bonchev–Trinajstić information content (AvgIpc) is 2.35. The lowest BCUT2D eigenvalue weighted by Crippen LogP contribution is -2.47. The molecule has 2 amide bonds. The fourth-order valence-electron chi connectivity index (χ4n) is 1.59. The van der Waals surface area contributed by atoms with Crippen LogP contribution in [0.3, 0.4) is 0 Å². The van der Waals surface area contributed by atoms with E-state index in [4.69, 9.17) is 0 Å². The van der Waals surface area contributed by atoms with Gasteiger partial charge in [-0.2, -0.15) is 12.6 Å². The third kappa shape index (κ3) is 5.74. The molecule has 2 N–H and O–H groups in total. The minimum Gasteiger partial charge on any atom is -0.354 e. The lowest BCUT2D eigenvalue weighted by Gasteiger charge is -2.15. The van der Waals surface area contributed by atoms with E-state index in [0.717, 1.165) is 5.56 Å². The summed E-state index contributed by atoms with van der Waals surface area (Å²) >= 11 is 4.01. The Kier molecular flexibility index (Phi) is 6.35. The first kappa shape index (κ1) is 15.5. The van der Waals surface area contributed by atoms with Crippen LogP contribution in [-0.4, -0.2) is 30.2 Å². The third-order valence-electron chi connectivity index (χ3n) is 2.48. The van der Waals surface area contributed by atoms with Crippen molar-refractivity contribution in [2.75, 3.05) is 12.3 Å². The Morgan fingerprint density at radius 3 is 2.74 bits per heavy atom. The molecule has 1 aromatic rings. The molecule has 1 rings (SSSR count). The van der Waals surface area contributed by atoms with Gasteiger partial charge >= 0.3 is 0 Å². The molecule has 1 unspecified atom stereocenters. The van der Waals surface area contributed by atoms with Crippen molar-refractivity contribution >= 4 is 24.4 Å². The summed E-state index contributed by atoms with van der Waals surface area (Å²) < 4.78 is 12.9. The highest BCUT2D eigenvalue weighted by Gasteiger charge is 2.16. The molecule has 0 radical (unpaired) electrons. The lowest BCUT2D eigenvalue weighted by molar-refractivity contribution is -0.127. The number of carbonyl (C=O) groups is 2. The number of halogens is 1. The molecule has 0 saturated heterocycles. The van der Waals surface area contributed by atoms with Crippen LogP contribution in [0.4, 0.5) is 4.39 Å². The molecule has 0 bridgehead atoms. The van der Waals surface area contributed by atoms with Gasteiger partial charge in [0.2, 0.25) is 11.8 Å². The van der Waals surface area contributed by atoms with Crippen molar-refractivity contribution in [3.63, 3.8) is 0 Å². The van der Waals surface area contributed by atoms with E-state index in [1.54, 1.807) is 12.1 Å². The zero-order valence-corrected chi connectivity index (χ0v) is 11.5. The van der Waals surface area contributed by atoms with Crippen molar-refractivity contribution in [2.45, 2.75) is 19.4 Å². The second kappa shape index (κ2) is 7.78. The van der Waals surface area contributed by atoms with E-state index in [-0.39, 0.29) is 23.4 Å². The van der Waals surface area contributed by atoms with E-state index in [0.29, 0.717) is 13.0 Å². The fourth-order valence-corrected chi connectivity index (χ4v) is 1.84. The largest absolute Gasteiger partial charge is 0.354 e. The van der Waals surface area contributed by atoms with Crippen LogP contribution in [0, 0.1) is 5.82 Å². The van der Waals surface area contributed by atoms with Crippen molar-refractivity contribution < 1.29 is 14.0 Å². The molecule has 0 saturated carbocycles. The van der Waals surface area contributed by atoms with Crippen LogP contribution in [0.15, 0.2) is 24.3 Å². The quantitative estimate of drug-likeness (QED) is 0.680. The normalized spacial score (nSPS) is 11.7. The Morgan fingerprint density at radius 1 is 1.42 bits per heavy atom. The van der Waals surface area contributed by atoms with Crippen molar-refractivity contribution in [3.8, 4) is 0 Å². The first-order valence-corrected chi connectivity index (χ1v) is 6.56. The minimum absolute atomic E-state index is 0.228. The van der Waals surface area contributed by atoms with Gasteiger partial charge in [-0.25, -0.2) is 4.39 Å². The maximum atomic E-state index is 12.9. The van der Waals surface area contributed by atoms with Gasteiger partial charge in [0.25, 0.3) is 0 Å². The van der Waals surface area contributed by atoms with Crippen LogP contribution in [0.25, 0.3) is 0 Å². The predicted molar refractivity (Wildman–Crippen MR) is 74.6 cm³/mol. The molecule has 0 spiro atoms. The molecule has 6 heteroatoms. The number of carbonyl (C=O) groups excluding carboxylic acids is 2. The van der Waals surface area contributed by atoms with Gasteiger partial charge in [0, 0.05) is 19.2 Å². The van der Waals surface area contributed by atoms with Crippen LogP contribution < -0.4 is 10.6 Å². The summed E-state index contributed by atoms with van der Waals surface area (Å²) in [7, 11) is 0. The fraction of sp³-hybridized carbons (Fsp3) is 0.385. The first-order valence-electron chi connectivity index (χ1n) is 5.93. The first-order chi connectivity index (χ1) is 9.02. The predicted octanol–water partition coefficient (Wildman–Crippen LogP) is 0.919. The van der Waals surface area contributed by atoms with Crippen LogP contribution in [-0.2, 0) is 16.0 Å². The molecule has 0 aliphatic heterocycles. The van der Waals surface area contributed by atoms with Crippen LogP contribution in [0.5, 0.6) is 0 Å². The molecule has 0 aliphatic carbocycles. The highest BCUT2D eigenvalue weighted by Crippen LogP contribution is 2.03. The molecule has 0 aliphatic rings. The van der Waals surface area contributed by atoms with Crippen molar-refractivity contribution in [1.29, 1.82) is 0 Å². The standard InChI is InChI=1S/C13H17FN2O2S/c1-9(17)16-12(8-19)13(18)15-6-5-10-3-2-4-11(14)7-10/h2-4,7,12,19H,5-6,8H2,1H3,(H,15,18)(H,16,17). The summed E-state index contributed by atoms with van der Waals surface area (Å²) in [5.41, 5.74) is 0.808. The van der Waals surface area contributed by atoms with Gasteiger partial charge in [0.05, 0.1) is 0 Å². The van der Waals surface area contributed by atoms with Gasteiger partial charge in [-0.15, -0.1) is 0 Å². The summed E-state index contributed by atoms with van der Waals surface area (Å²) in [4.78, 5) is 22.6. The smallest absolute Gasteiger partial charge is 0.243 e. The van der Waals surface area contributed by atoms with E-state index >= 15 is 0 Å². The van der Waals surface area contributed by atoms with Crippen molar-refractivity contribution in [3.05, 3.63) is 35.6 Å². The number of thiol groups is 1. The van der Waals surface area contributed by atoms with Crippen LogP contribution in [0.1, 0.15) is 12.5 Å². The number of hydrogen-bond acceptors (Lipinski definition) is 3. The van der Waals surface area contributed by atoms with E-state index < -0.39 is 6.04 Å². The Labute approximate surface area is 117 Å². The molecule has 0 heterocycles. The number of amides is 2. The van der Waals surface area contributed by atoms with E-state index in [9.17, 15) is 14.0 Å². The SMILES string of the molecule is CC(=O)NC(CS)C(=O)NCCc1cccc(F)c1. The molecule has 1 aromatic carbocycles. The molecular weight excluding hydrogens is 267 g/mol. The van der Waals surface area contributed by atoms with Gasteiger partial charge in [0.15, 0.2) is 0 Å². The average molecular weight is 284 g/mol. The zero-order valence-electron chi connectivity index (χ0n) is 10.6. The summed E-state index contributed by atoms with van der Waals surface area (Å²) in [5, 5.41) is 5.18. The summed E-state index contributed by atoms with van der Waals surface area (Å²) in [5.74, 6) is -0.637. The van der Waals surface area contributed by atoms with Gasteiger partial charge in [0.1, 0.15) is 11.9 Å². The van der Waals surface area contributed by atoms with Crippen molar-refractivity contribution in [2.24, 2.45) is 0 Å². The molecule has 1 atom stereocenters. The maximum absolute atomic E-state index is 12.9. The Balaban J connectivity index is 2.39. The maximum Gasteiger partial charge on any atom is 0.243 e. The second-order valence-electron chi connectivity index (χ2n) is 4.11. The molecule has 19 heavy (non-hydrogen) atoms. The number of hydrogen-bond donors (Lipinski definition) is 3. The Bertz CT molecular complexity index is 454. The van der Waals surface area contributed by atoms with Crippen LogP contribution in [0.2, 0.25) is 0 Å². The monoisotopic (exact) mass is 284 g/mol. The van der Waals surface area contributed by atoms with Crippen LogP contribution >= 0.6 is 12.6 Å². The van der Waals surface area contributed by atoms with Gasteiger partial charge in [-0.1, -0.05) is 12.1 Å². The minimum atomic E-state index is -0.645. The second-order valence-corrected chi connectivity index (χ2v) is 4.47. The van der Waals surface area contributed by atoms with Gasteiger partial charge in [-0.05, 0) is 24.1 Å². The summed E-state index contributed by atoms with van der Waals surface area (Å²) in [6, 6.07) is 5.57. The Hall–Kier alpha value is -1.56. The molecule has 0 fully saturated rings. The number of nitrogens with one attached hydrogen (secondary N) is 2.